The standard InChI is InChI=1S/C22H39NO7SSi/c1-10-28-19(25)15(20(26)29-11-2)12-31-21(27)13(3)17-16(18(24)23-17)14(4)30-32(8,9)22(5,6)7/h13-17H,10-12H2,1-9H3,(H,23,24)/t13-,14-,16-,17-/m1/s1. The molecule has 0 aliphatic carbocycles. The van der Waals surface area contributed by atoms with E-state index in [2.05, 4.69) is 39.2 Å². The van der Waals surface area contributed by atoms with Crippen molar-refractivity contribution in [3.8, 4) is 0 Å². The summed E-state index contributed by atoms with van der Waals surface area (Å²) in [5.74, 6) is -3.68. The highest BCUT2D eigenvalue weighted by Crippen LogP contribution is 2.40. The topological polar surface area (TPSA) is 108 Å². The summed E-state index contributed by atoms with van der Waals surface area (Å²) in [6, 6.07) is -0.356. The number of carbonyl (C=O) groups is 4. The van der Waals surface area contributed by atoms with Gasteiger partial charge in [-0.1, -0.05) is 39.5 Å². The minimum absolute atomic E-state index is 0.00345. The molecule has 8 nitrogen and oxygen atoms in total. The van der Waals surface area contributed by atoms with Crippen LogP contribution in [0.15, 0.2) is 0 Å². The molecule has 0 spiro atoms. The molecule has 0 aromatic carbocycles. The molecule has 4 atom stereocenters. The van der Waals surface area contributed by atoms with Crippen LogP contribution in [-0.2, 0) is 33.1 Å². The van der Waals surface area contributed by atoms with Crippen LogP contribution >= 0.6 is 11.8 Å². The summed E-state index contributed by atoms with van der Waals surface area (Å²) in [7, 11) is -2.08. The zero-order valence-corrected chi connectivity index (χ0v) is 22.6. The summed E-state index contributed by atoms with van der Waals surface area (Å²) >= 11 is 0.887. The Morgan fingerprint density at radius 2 is 1.56 bits per heavy atom. The molecule has 1 amide bonds. The van der Waals surface area contributed by atoms with Crippen LogP contribution < -0.4 is 5.32 Å². The predicted molar refractivity (Wildman–Crippen MR) is 127 cm³/mol. The number of amides is 1. The fourth-order valence-electron chi connectivity index (χ4n) is 3.23. The van der Waals surface area contributed by atoms with Crippen LogP contribution in [0.3, 0.4) is 0 Å². The van der Waals surface area contributed by atoms with Crippen LogP contribution in [-0.4, -0.2) is 62.4 Å². The monoisotopic (exact) mass is 489 g/mol. The number of hydrogen-bond donors (Lipinski definition) is 1. The SMILES string of the molecule is CCOC(=O)C(CSC(=O)[C@H](C)[C@H]1NC(=O)[C@@H]1[C@@H](C)O[Si](C)(C)C(C)(C)C)C(=O)OCC. The van der Waals surface area contributed by atoms with Gasteiger partial charge in [0.15, 0.2) is 19.4 Å². The van der Waals surface area contributed by atoms with E-state index in [4.69, 9.17) is 13.9 Å². The Morgan fingerprint density at radius 1 is 1.06 bits per heavy atom. The first kappa shape index (κ1) is 28.6. The third kappa shape index (κ3) is 7.05. The van der Waals surface area contributed by atoms with Crippen LogP contribution in [0.25, 0.3) is 0 Å². The largest absolute Gasteiger partial charge is 0.465 e. The maximum absolute atomic E-state index is 12.8. The Morgan fingerprint density at radius 3 is 1.97 bits per heavy atom. The van der Waals surface area contributed by atoms with Crippen molar-refractivity contribution in [2.24, 2.45) is 17.8 Å². The van der Waals surface area contributed by atoms with Crippen LogP contribution in [0.5, 0.6) is 0 Å². The van der Waals surface area contributed by atoms with Crippen molar-refractivity contribution < 1.29 is 33.1 Å². The Kier molecular flexibility index (Phi) is 10.4. The van der Waals surface area contributed by atoms with Crippen molar-refractivity contribution in [3.63, 3.8) is 0 Å². The Balaban J connectivity index is 2.80. The molecule has 0 aromatic heterocycles. The summed E-state index contributed by atoms with van der Waals surface area (Å²) < 4.78 is 16.3. The van der Waals surface area contributed by atoms with Crippen molar-refractivity contribution in [3.05, 3.63) is 0 Å². The maximum Gasteiger partial charge on any atom is 0.321 e. The molecule has 32 heavy (non-hydrogen) atoms. The van der Waals surface area contributed by atoms with Gasteiger partial charge in [0, 0.05) is 11.7 Å². The fraction of sp³-hybridized carbons (Fsp3) is 0.818. The first-order valence-corrected chi connectivity index (χ1v) is 15.0. The Hall–Kier alpha value is -1.39. The molecule has 1 heterocycles. The molecule has 0 bridgehead atoms. The van der Waals surface area contributed by atoms with Gasteiger partial charge in [-0.05, 0) is 38.9 Å². The second kappa shape index (κ2) is 11.6. The first-order valence-electron chi connectivity index (χ1n) is 11.2. The van der Waals surface area contributed by atoms with Crippen molar-refractivity contribution >= 4 is 43.0 Å². The van der Waals surface area contributed by atoms with Gasteiger partial charge >= 0.3 is 11.9 Å². The lowest BCUT2D eigenvalue weighted by Crippen LogP contribution is -2.66. The van der Waals surface area contributed by atoms with E-state index in [0.717, 1.165) is 11.8 Å². The molecule has 1 fully saturated rings. The molecule has 1 aliphatic rings. The highest BCUT2D eigenvalue weighted by molar-refractivity contribution is 8.13. The molecule has 184 valence electrons. The number of hydrogen-bond acceptors (Lipinski definition) is 8. The van der Waals surface area contributed by atoms with E-state index in [1.54, 1.807) is 20.8 Å². The van der Waals surface area contributed by atoms with Gasteiger partial charge in [0.1, 0.15) is 0 Å². The van der Waals surface area contributed by atoms with Gasteiger partial charge in [-0.2, -0.15) is 0 Å². The highest BCUT2D eigenvalue weighted by Gasteiger charge is 2.50. The van der Waals surface area contributed by atoms with E-state index in [-0.39, 0.29) is 47.2 Å². The van der Waals surface area contributed by atoms with Crippen LogP contribution in [0.1, 0.15) is 48.5 Å². The van der Waals surface area contributed by atoms with E-state index in [1.165, 1.54) is 0 Å². The molecule has 0 saturated carbocycles. The fourth-order valence-corrected chi connectivity index (χ4v) is 5.68. The number of ether oxygens (including phenoxy) is 2. The zero-order valence-electron chi connectivity index (χ0n) is 20.8. The Labute approximate surface area is 197 Å². The van der Waals surface area contributed by atoms with Gasteiger partial charge in [-0.15, -0.1) is 0 Å². The second-order valence-electron chi connectivity index (χ2n) is 9.62. The third-order valence-electron chi connectivity index (χ3n) is 6.24. The molecule has 1 N–H and O–H groups in total. The number of β-lactam (4-membered cyclic amide) rings is 1. The van der Waals surface area contributed by atoms with E-state index in [0.29, 0.717) is 0 Å². The summed E-state index contributed by atoms with van der Waals surface area (Å²) in [6.07, 6.45) is -0.318. The van der Waals surface area contributed by atoms with Gasteiger partial charge in [0.2, 0.25) is 5.91 Å². The molecular formula is C22H39NO7SSi. The lowest BCUT2D eigenvalue weighted by molar-refractivity contribution is -0.160. The number of carbonyl (C=O) groups excluding carboxylic acids is 4. The van der Waals surface area contributed by atoms with E-state index < -0.39 is 38.0 Å². The smallest absolute Gasteiger partial charge is 0.321 e. The van der Waals surface area contributed by atoms with Crippen LogP contribution in [0.2, 0.25) is 18.1 Å². The number of thioether (sulfide) groups is 1. The van der Waals surface area contributed by atoms with Crippen molar-refractivity contribution in [2.75, 3.05) is 19.0 Å². The minimum Gasteiger partial charge on any atom is -0.465 e. The number of nitrogens with one attached hydrogen (secondary N) is 1. The first-order chi connectivity index (χ1) is 14.7. The van der Waals surface area contributed by atoms with Crippen molar-refractivity contribution in [2.45, 2.75) is 78.7 Å². The van der Waals surface area contributed by atoms with Gasteiger partial charge in [0.05, 0.1) is 31.3 Å². The molecule has 10 heteroatoms. The number of rotatable bonds is 11. The number of esters is 2. The van der Waals surface area contributed by atoms with Gasteiger partial charge in [-0.3, -0.25) is 19.2 Å². The molecule has 1 aliphatic heterocycles. The molecule has 1 saturated heterocycles. The average Bonchev–Trinajstić information content (AvgIpc) is 2.64. The molecule has 1 rings (SSSR count). The van der Waals surface area contributed by atoms with Crippen molar-refractivity contribution in [1.29, 1.82) is 0 Å². The normalized spacial score (nSPS) is 20.8. The van der Waals surface area contributed by atoms with E-state index >= 15 is 0 Å². The quantitative estimate of drug-likeness (QED) is 0.204. The summed E-state index contributed by atoms with van der Waals surface area (Å²) in [6.45, 7) is 17.9. The Bertz CT molecular complexity index is 689. The van der Waals surface area contributed by atoms with Crippen molar-refractivity contribution in [1.82, 2.24) is 5.32 Å². The summed E-state index contributed by atoms with van der Waals surface area (Å²) in [4.78, 5) is 49.4. The lowest BCUT2D eigenvalue weighted by atomic mass is 9.79. The molecule has 0 aromatic rings. The third-order valence-corrected chi connectivity index (χ3v) is 12.0. The molecule has 0 unspecified atom stereocenters. The van der Waals surface area contributed by atoms with Gasteiger partial charge < -0.3 is 19.2 Å². The highest BCUT2D eigenvalue weighted by atomic mass is 32.2. The predicted octanol–water partition coefficient (Wildman–Crippen LogP) is 3.15. The second-order valence-corrected chi connectivity index (χ2v) is 15.4. The van der Waals surface area contributed by atoms with Gasteiger partial charge in [-0.25, -0.2) is 0 Å². The maximum atomic E-state index is 12.8. The van der Waals surface area contributed by atoms with E-state index in [1.807, 2.05) is 6.92 Å². The van der Waals surface area contributed by atoms with E-state index in [9.17, 15) is 19.2 Å². The van der Waals surface area contributed by atoms with Crippen LogP contribution in [0, 0.1) is 17.8 Å². The summed E-state index contributed by atoms with van der Waals surface area (Å²) in [5, 5.41) is 2.63. The molecular weight excluding hydrogens is 450 g/mol. The van der Waals surface area contributed by atoms with Crippen LogP contribution in [0.4, 0.5) is 0 Å². The lowest BCUT2D eigenvalue weighted by Gasteiger charge is -2.46. The minimum atomic E-state index is -2.08. The summed E-state index contributed by atoms with van der Waals surface area (Å²) in [5.41, 5.74) is 0. The van der Waals surface area contributed by atoms with Gasteiger partial charge in [0.25, 0.3) is 0 Å². The average molecular weight is 490 g/mol. The zero-order chi connectivity index (χ0) is 24.9. The molecule has 0 radical (unpaired) electrons.